The van der Waals surface area contributed by atoms with E-state index in [2.05, 4.69) is 0 Å². The molecule has 3 rings (SSSR count). The van der Waals surface area contributed by atoms with Crippen molar-refractivity contribution in [2.24, 2.45) is 0 Å². The van der Waals surface area contributed by atoms with Crippen LogP contribution in [0.3, 0.4) is 0 Å². The predicted octanol–water partition coefficient (Wildman–Crippen LogP) is 6.88. The molecule has 3 aromatic carbocycles. The van der Waals surface area contributed by atoms with E-state index in [9.17, 15) is 17.6 Å². The molecule has 0 nitrogen and oxygen atoms in total. The van der Waals surface area contributed by atoms with E-state index in [0.717, 1.165) is 0 Å². The highest BCUT2D eigenvalue weighted by molar-refractivity contribution is 6.30. The van der Waals surface area contributed by atoms with Crippen molar-refractivity contribution in [2.45, 2.75) is 0 Å². The third-order valence-electron chi connectivity index (χ3n) is 3.53. The number of hydrogen-bond donors (Lipinski definition) is 0. The highest BCUT2D eigenvalue weighted by Gasteiger charge is 2.27. The van der Waals surface area contributed by atoms with E-state index in [4.69, 9.17) is 23.2 Å². The van der Waals surface area contributed by atoms with Crippen molar-refractivity contribution in [3.63, 3.8) is 0 Å². The number of benzene rings is 3. The molecule has 0 aliphatic rings. The van der Waals surface area contributed by atoms with E-state index in [-0.39, 0.29) is 11.1 Å². The summed E-state index contributed by atoms with van der Waals surface area (Å²) in [5.41, 5.74) is -1.59. The first-order valence-corrected chi connectivity index (χ1v) is 7.53. The zero-order chi connectivity index (χ0) is 17.4. The Morgan fingerprint density at radius 3 is 0.958 bits per heavy atom. The second-order valence-corrected chi connectivity index (χ2v) is 5.89. The van der Waals surface area contributed by atoms with Gasteiger partial charge >= 0.3 is 0 Å². The Hall–Kier alpha value is -2.04. The quantitative estimate of drug-likeness (QED) is 0.340. The normalized spacial score (nSPS) is 10.9. The van der Waals surface area contributed by atoms with E-state index in [0.29, 0.717) is 10.0 Å². The number of rotatable bonds is 2. The van der Waals surface area contributed by atoms with Gasteiger partial charge in [0.05, 0.1) is 11.1 Å². The van der Waals surface area contributed by atoms with Crippen LogP contribution >= 0.6 is 23.2 Å². The van der Waals surface area contributed by atoms with Crippen LogP contribution in [0.15, 0.2) is 48.5 Å². The summed E-state index contributed by atoms with van der Waals surface area (Å²) in [7, 11) is 0. The fourth-order valence-corrected chi connectivity index (χ4v) is 2.62. The summed E-state index contributed by atoms with van der Waals surface area (Å²) < 4.78 is 57.7. The largest absolute Gasteiger partial charge is 0.203 e. The molecule has 0 spiro atoms. The molecule has 0 aliphatic carbocycles. The fraction of sp³-hybridized carbons (Fsp3) is 0. The molecule has 0 atom stereocenters. The van der Waals surface area contributed by atoms with Crippen molar-refractivity contribution >= 4 is 23.2 Å². The average molecular weight is 371 g/mol. The molecule has 0 aliphatic heterocycles. The van der Waals surface area contributed by atoms with Crippen molar-refractivity contribution in [3.05, 3.63) is 81.8 Å². The van der Waals surface area contributed by atoms with E-state index in [1.165, 1.54) is 48.5 Å². The van der Waals surface area contributed by atoms with E-state index in [1.54, 1.807) is 0 Å². The summed E-state index contributed by atoms with van der Waals surface area (Å²) in [6, 6.07) is 10.6. The molecule has 0 N–H and O–H groups in total. The molecule has 0 aromatic heterocycles. The van der Waals surface area contributed by atoms with Crippen LogP contribution in [0.25, 0.3) is 22.3 Å². The monoisotopic (exact) mass is 370 g/mol. The summed E-state index contributed by atoms with van der Waals surface area (Å²) in [6.45, 7) is 0. The summed E-state index contributed by atoms with van der Waals surface area (Å²) in [5, 5.41) is 0.664. The zero-order valence-electron chi connectivity index (χ0n) is 11.9. The van der Waals surface area contributed by atoms with Crippen LogP contribution in [0.5, 0.6) is 0 Å². The molecule has 122 valence electrons. The standard InChI is InChI=1S/C18H8Cl2F4/c19-11-5-1-9(2-6-11)13-15(21)17(23)14(18(24)16(13)22)10-3-7-12(20)8-4-10/h1-8H. The molecule has 0 radical (unpaired) electrons. The highest BCUT2D eigenvalue weighted by Crippen LogP contribution is 2.37. The van der Waals surface area contributed by atoms with Crippen LogP contribution in [0.1, 0.15) is 0 Å². The molecule has 0 fully saturated rings. The maximum Gasteiger partial charge on any atom is 0.170 e. The van der Waals surface area contributed by atoms with Gasteiger partial charge in [0, 0.05) is 10.0 Å². The molecule has 0 bridgehead atoms. The fourth-order valence-electron chi connectivity index (χ4n) is 2.37. The lowest BCUT2D eigenvalue weighted by atomic mass is 9.97. The van der Waals surface area contributed by atoms with E-state index < -0.39 is 34.4 Å². The Bertz CT molecular complexity index is 798. The Morgan fingerprint density at radius 1 is 0.458 bits per heavy atom. The third kappa shape index (κ3) is 2.87. The van der Waals surface area contributed by atoms with Crippen LogP contribution in [-0.2, 0) is 0 Å². The van der Waals surface area contributed by atoms with Gasteiger partial charge in [0.25, 0.3) is 0 Å². The molecule has 6 heteroatoms. The van der Waals surface area contributed by atoms with Gasteiger partial charge in [-0.25, -0.2) is 17.6 Å². The van der Waals surface area contributed by atoms with E-state index in [1.807, 2.05) is 0 Å². The van der Waals surface area contributed by atoms with Gasteiger partial charge in [0.2, 0.25) is 0 Å². The van der Waals surface area contributed by atoms with Gasteiger partial charge < -0.3 is 0 Å². The lowest BCUT2D eigenvalue weighted by Gasteiger charge is -2.12. The average Bonchev–Trinajstić information content (AvgIpc) is 2.57. The minimum atomic E-state index is -1.47. The number of hydrogen-bond acceptors (Lipinski definition) is 0. The van der Waals surface area contributed by atoms with Gasteiger partial charge in [0.1, 0.15) is 0 Å². The second-order valence-electron chi connectivity index (χ2n) is 5.02. The highest BCUT2D eigenvalue weighted by atomic mass is 35.5. The smallest absolute Gasteiger partial charge is 0.170 e. The molecule has 0 unspecified atom stereocenters. The Labute approximate surface area is 145 Å². The third-order valence-corrected chi connectivity index (χ3v) is 4.03. The minimum absolute atomic E-state index is 0.0187. The SMILES string of the molecule is Fc1c(F)c(-c2ccc(Cl)cc2)c(F)c(F)c1-c1ccc(Cl)cc1. The summed E-state index contributed by atoms with van der Waals surface area (Å²) >= 11 is 11.4. The van der Waals surface area contributed by atoms with E-state index >= 15 is 0 Å². The minimum Gasteiger partial charge on any atom is -0.203 e. The van der Waals surface area contributed by atoms with Gasteiger partial charge in [-0.05, 0) is 35.4 Å². The van der Waals surface area contributed by atoms with Crippen LogP contribution in [0.2, 0.25) is 10.0 Å². The van der Waals surface area contributed by atoms with Crippen molar-refractivity contribution in [1.82, 2.24) is 0 Å². The molecular formula is C18H8Cl2F4. The number of halogens is 6. The van der Waals surface area contributed by atoms with Crippen LogP contribution in [-0.4, -0.2) is 0 Å². The van der Waals surface area contributed by atoms with Crippen molar-refractivity contribution in [3.8, 4) is 22.3 Å². The lowest BCUT2D eigenvalue weighted by molar-refractivity contribution is 0.463. The summed E-state index contributed by atoms with van der Waals surface area (Å²) in [5.74, 6) is -5.88. The maximum atomic E-state index is 14.4. The first-order valence-electron chi connectivity index (χ1n) is 6.78. The summed E-state index contributed by atoms with van der Waals surface area (Å²) in [6.07, 6.45) is 0. The van der Waals surface area contributed by atoms with Gasteiger partial charge in [-0.15, -0.1) is 0 Å². The first-order chi connectivity index (χ1) is 11.4. The summed E-state index contributed by atoms with van der Waals surface area (Å²) in [4.78, 5) is 0. The van der Waals surface area contributed by atoms with Crippen molar-refractivity contribution in [2.75, 3.05) is 0 Å². The predicted molar refractivity (Wildman–Crippen MR) is 87.2 cm³/mol. The maximum absolute atomic E-state index is 14.4. The molecular weight excluding hydrogens is 363 g/mol. The molecule has 0 heterocycles. The Balaban J connectivity index is 2.26. The Morgan fingerprint density at radius 2 is 0.708 bits per heavy atom. The van der Waals surface area contributed by atoms with Crippen LogP contribution in [0, 0.1) is 23.3 Å². The molecule has 0 amide bonds. The van der Waals surface area contributed by atoms with Gasteiger partial charge in [-0.3, -0.25) is 0 Å². The zero-order valence-corrected chi connectivity index (χ0v) is 13.4. The Kier molecular flexibility index (Phi) is 4.52. The van der Waals surface area contributed by atoms with Gasteiger partial charge in [-0.2, -0.15) is 0 Å². The molecule has 3 aromatic rings. The van der Waals surface area contributed by atoms with Crippen molar-refractivity contribution < 1.29 is 17.6 Å². The van der Waals surface area contributed by atoms with Crippen molar-refractivity contribution in [1.29, 1.82) is 0 Å². The topological polar surface area (TPSA) is 0 Å². The lowest BCUT2D eigenvalue weighted by Crippen LogP contribution is -2.03. The molecule has 0 saturated heterocycles. The van der Waals surface area contributed by atoms with Crippen LogP contribution < -0.4 is 0 Å². The molecule has 24 heavy (non-hydrogen) atoms. The molecule has 0 saturated carbocycles. The second kappa shape index (κ2) is 6.46. The van der Waals surface area contributed by atoms with Gasteiger partial charge in [-0.1, -0.05) is 47.5 Å². The van der Waals surface area contributed by atoms with Gasteiger partial charge in [0.15, 0.2) is 23.3 Å². The first kappa shape index (κ1) is 16.8. The van der Waals surface area contributed by atoms with Crippen LogP contribution in [0.4, 0.5) is 17.6 Å².